The largest absolute Gasteiger partial charge is 0.745 e. The van der Waals surface area contributed by atoms with Crippen LogP contribution in [0.1, 0.15) is 27.7 Å². The maximum absolute atomic E-state index is 11.8. The van der Waals surface area contributed by atoms with E-state index in [2.05, 4.69) is 20.7 Å². The number of amides is 2. The monoisotopic (exact) mass is 532 g/mol. The molecule has 0 aromatic heterocycles. The predicted octanol–water partition coefficient (Wildman–Crippen LogP) is 0.339. The minimum Gasteiger partial charge on any atom is -0.745 e. The van der Waals surface area contributed by atoms with Crippen LogP contribution in [0.4, 0.5) is 4.79 Å². The van der Waals surface area contributed by atoms with Gasteiger partial charge in [0.1, 0.15) is 10.1 Å². The molecule has 0 radical (unpaired) electrons. The molecule has 0 fully saturated rings. The fourth-order valence-electron chi connectivity index (χ4n) is 2.53. The first kappa shape index (κ1) is 32.1. The van der Waals surface area contributed by atoms with Crippen LogP contribution < -0.4 is 16.0 Å². The highest BCUT2D eigenvalue weighted by Gasteiger charge is 2.39. The quantitative estimate of drug-likeness (QED) is 0.0857. The third kappa shape index (κ3) is 17.2. The molecule has 0 saturated heterocycles. The van der Waals surface area contributed by atoms with Crippen LogP contribution in [0.5, 0.6) is 0 Å². The van der Waals surface area contributed by atoms with Crippen LogP contribution in [0.3, 0.4) is 0 Å². The summed E-state index contributed by atoms with van der Waals surface area (Å²) in [6, 6.07) is 0.345. The summed E-state index contributed by atoms with van der Waals surface area (Å²) in [6.07, 6.45) is 0. The van der Waals surface area contributed by atoms with Crippen LogP contribution in [-0.2, 0) is 32.9 Å². The van der Waals surface area contributed by atoms with Crippen LogP contribution in [0.15, 0.2) is 0 Å². The zero-order valence-electron chi connectivity index (χ0n) is 19.8. The van der Waals surface area contributed by atoms with E-state index >= 15 is 0 Å². The van der Waals surface area contributed by atoms with E-state index in [9.17, 15) is 22.6 Å². The molecule has 0 aromatic rings. The van der Waals surface area contributed by atoms with Crippen molar-refractivity contribution in [2.75, 3.05) is 63.4 Å². The number of rotatable bonds is 20. The molecule has 12 nitrogen and oxygen atoms in total. The lowest BCUT2D eigenvalue weighted by molar-refractivity contribution is -0.145. The molecule has 3 N–H and O–H groups in total. The van der Waals surface area contributed by atoms with Gasteiger partial charge in [0.15, 0.2) is 5.94 Å². The van der Waals surface area contributed by atoms with Gasteiger partial charge in [-0.2, -0.15) is 11.8 Å². The highest BCUT2D eigenvalue weighted by atomic mass is 32.2. The van der Waals surface area contributed by atoms with Crippen molar-refractivity contribution in [3.63, 3.8) is 0 Å². The van der Waals surface area contributed by atoms with Crippen LogP contribution in [0.25, 0.3) is 0 Å². The maximum Gasteiger partial charge on any atom is 0.502 e. The lowest BCUT2D eigenvalue weighted by atomic mass is 10.2. The summed E-state index contributed by atoms with van der Waals surface area (Å²) in [5.74, 6) is -1.54. The molecule has 0 aliphatic heterocycles. The van der Waals surface area contributed by atoms with Crippen molar-refractivity contribution in [3.05, 3.63) is 0 Å². The number of esters is 1. The Balaban J connectivity index is 3.87. The van der Waals surface area contributed by atoms with Crippen molar-refractivity contribution in [3.8, 4) is 0 Å². The number of carbonyl (C=O) groups excluding carboxylic acids is 2. The van der Waals surface area contributed by atoms with Gasteiger partial charge < -0.3 is 38.5 Å². The standard InChI is InChI=1S/C18H39N3O9S2Si/c1-5-28-33(29-6-2,30-7-3)13-11-19-8-9-20-18(23)21-10-12-31-14-16(4)17(22)27-15-32(24,25)26/h16,19H,5-15H2,1-4H3,(H2,20,21,23)(H,24,25,26)/p-1. The highest BCUT2D eigenvalue weighted by molar-refractivity contribution is 7.99. The molecule has 1 atom stereocenters. The van der Waals surface area contributed by atoms with Gasteiger partial charge in [0, 0.05) is 57.0 Å². The molecule has 15 heteroatoms. The molecule has 0 spiro atoms. The first-order valence-electron chi connectivity index (χ1n) is 10.9. The first-order valence-corrected chi connectivity index (χ1v) is 15.6. The fourth-order valence-corrected chi connectivity index (χ4v) is 6.18. The van der Waals surface area contributed by atoms with E-state index in [1.807, 2.05) is 20.8 Å². The molecule has 0 saturated carbocycles. The molecule has 0 aliphatic carbocycles. The molecule has 33 heavy (non-hydrogen) atoms. The third-order valence-corrected chi connectivity index (χ3v) is 8.62. The van der Waals surface area contributed by atoms with Crippen molar-refractivity contribution in [2.24, 2.45) is 5.92 Å². The van der Waals surface area contributed by atoms with Gasteiger partial charge in [-0.15, -0.1) is 0 Å². The molecule has 0 aromatic carbocycles. The molecule has 0 rings (SSSR count). The number of nitrogens with one attached hydrogen (secondary N) is 3. The van der Waals surface area contributed by atoms with E-state index < -0.39 is 36.7 Å². The van der Waals surface area contributed by atoms with Crippen LogP contribution in [-0.4, -0.2) is 97.2 Å². The highest BCUT2D eigenvalue weighted by Crippen LogP contribution is 2.15. The van der Waals surface area contributed by atoms with Gasteiger partial charge in [-0.05, 0) is 27.3 Å². The lowest BCUT2D eigenvalue weighted by Gasteiger charge is -2.28. The molecule has 0 bridgehead atoms. The Morgan fingerprint density at radius 3 is 2.09 bits per heavy atom. The Morgan fingerprint density at radius 1 is 0.970 bits per heavy atom. The van der Waals surface area contributed by atoms with Gasteiger partial charge in [0.2, 0.25) is 0 Å². The molecule has 0 aliphatic rings. The number of hydrogen-bond donors (Lipinski definition) is 3. The average Bonchev–Trinajstić information content (AvgIpc) is 2.74. The van der Waals surface area contributed by atoms with E-state index in [4.69, 9.17) is 13.3 Å². The minimum absolute atomic E-state index is 0.299. The predicted molar refractivity (Wildman–Crippen MR) is 127 cm³/mol. The zero-order chi connectivity index (χ0) is 25.2. The Hall–Kier alpha value is -0.943. The van der Waals surface area contributed by atoms with Crippen molar-refractivity contribution < 1.29 is 40.6 Å². The van der Waals surface area contributed by atoms with E-state index in [0.717, 1.165) is 0 Å². The molecule has 1 unspecified atom stereocenters. The normalized spacial score (nSPS) is 12.9. The minimum atomic E-state index is -4.59. The van der Waals surface area contributed by atoms with Crippen LogP contribution in [0, 0.1) is 5.92 Å². The zero-order valence-corrected chi connectivity index (χ0v) is 22.5. The van der Waals surface area contributed by atoms with Crippen molar-refractivity contribution in [1.29, 1.82) is 0 Å². The SMILES string of the molecule is CCO[Si](CCNCCNC(=O)NCCSCC(C)C(=O)OCS(=O)(=O)[O-])(OCC)OCC. The van der Waals surface area contributed by atoms with Gasteiger partial charge in [-0.1, -0.05) is 6.92 Å². The number of ether oxygens (including phenoxy) is 1. The van der Waals surface area contributed by atoms with E-state index in [1.165, 1.54) is 11.8 Å². The second-order valence-corrected chi connectivity index (χ2v) is 12.0. The van der Waals surface area contributed by atoms with E-state index in [1.54, 1.807) is 6.92 Å². The van der Waals surface area contributed by atoms with Gasteiger partial charge in [0.25, 0.3) is 0 Å². The van der Waals surface area contributed by atoms with Gasteiger partial charge >= 0.3 is 20.8 Å². The molecule has 0 heterocycles. The van der Waals surface area contributed by atoms with Crippen LogP contribution >= 0.6 is 11.8 Å². The van der Waals surface area contributed by atoms with Gasteiger partial charge in [-0.3, -0.25) is 4.79 Å². The number of carbonyl (C=O) groups is 2. The Bertz CT molecular complexity index is 639. The summed E-state index contributed by atoms with van der Waals surface area (Å²) in [5.41, 5.74) is 0. The van der Waals surface area contributed by atoms with Crippen LogP contribution in [0.2, 0.25) is 6.04 Å². The number of thioether (sulfide) groups is 1. The topological polar surface area (TPSA) is 164 Å². The first-order chi connectivity index (χ1) is 15.6. The smallest absolute Gasteiger partial charge is 0.502 e. The summed E-state index contributed by atoms with van der Waals surface area (Å²) in [7, 11) is -7.26. The van der Waals surface area contributed by atoms with E-state index in [-0.39, 0.29) is 6.03 Å². The fraction of sp³-hybridized carbons (Fsp3) is 0.889. The summed E-state index contributed by atoms with van der Waals surface area (Å²) < 4.78 is 53.2. The lowest BCUT2D eigenvalue weighted by Crippen LogP contribution is -2.48. The Labute approximate surface area is 202 Å². The molecular weight excluding hydrogens is 494 g/mol. The average molecular weight is 533 g/mol. The Morgan fingerprint density at radius 2 is 1.55 bits per heavy atom. The van der Waals surface area contributed by atoms with Crippen molar-refractivity contribution in [1.82, 2.24) is 16.0 Å². The summed E-state index contributed by atoms with van der Waals surface area (Å²) >= 11 is 1.40. The van der Waals surface area contributed by atoms with Crippen molar-refractivity contribution in [2.45, 2.75) is 33.7 Å². The van der Waals surface area contributed by atoms with E-state index in [0.29, 0.717) is 63.5 Å². The number of hydrogen-bond acceptors (Lipinski definition) is 11. The van der Waals surface area contributed by atoms with Crippen molar-refractivity contribution >= 4 is 42.7 Å². The summed E-state index contributed by atoms with van der Waals surface area (Å²) in [6.45, 7) is 11.0. The maximum atomic E-state index is 11.8. The Kier molecular flexibility index (Phi) is 17.9. The summed E-state index contributed by atoms with van der Waals surface area (Å²) in [4.78, 5) is 23.4. The number of urea groups is 1. The third-order valence-electron chi connectivity index (χ3n) is 3.94. The second-order valence-electron chi connectivity index (χ2n) is 6.78. The molecule has 196 valence electrons. The second kappa shape index (κ2) is 18.4. The van der Waals surface area contributed by atoms with Gasteiger partial charge in [-0.25, -0.2) is 13.2 Å². The molecular formula is C18H38N3O9S2Si-. The molecule has 2 amide bonds. The van der Waals surface area contributed by atoms with Gasteiger partial charge in [0.05, 0.1) is 5.92 Å². The summed E-state index contributed by atoms with van der Waals surface area (Å²) in [5, 5.41) is 8.68.